The zero-order valence-electron chi connectivity index (χ0n) is 42.3. The van der Waals surface area contributed by atoms with Gasteiger partial charge in [-0.3, -0.25) is 4.79 Å². The molecule has 0 bridgehead atoms. The Morgan fingerprint density at radius 3 is 1.77 bits per heavy atom. The van der Waals surface area contributed by atoms with Crippen LogP contribution in [0.15, 0.2) is 126 Å². The second-order valence-corrected chi connectivity index (χ2v) is 19.3. The van der Waals surface area contributed by atoms with Gasteiger partial charge in [-0.25, -0.2) is 19.2 Å². The van der Waals surface area contributed by atoms with Crippen molar-refractivity contribution < 1.29 is 67.0 Å². The van der Waals surface area contributed by atoms with Crippen molar-refractivity contribution in [3.05, 3.63) is 154 Å². The molecule has 0 spiro atoms. The molecule has 4 aromatic carbocycles. The molecule has 18 heteroatoms. The number of carbonyl (C=O) groups is 5. The number of nitrogens with zero attached hydrogens (tertiary/aromatic N) is 3. The van der Waals surface area contributed by atoms with Gasteiger partial charge in [-0.05, 0) is 92.1 Å². The highest BCUT2D eigenvalue weighted by Gasteiger charge is 2.59. The summed E-state index contributed by atoms with van der Waals surface area (Å²) in [6.45, 7) is 8.14. The Labute approximate surface area is 430 Å². The largest absolute Gasteiger partial charge is 0.459 e. The molecule has 18 nitrogen and oxygen atoms in total. The van der Waals surface area contributed by atoms with Crippen LogP contribution in [-0.2, 0) is 42.7 Å². The number of esters is 4. The normalized spacial score (nSPS) is 29.1. The van der Waals surface area contributed by atoms with Gasteiger partial charge in [0.05, 0.1) is 47.0 Å². The van der Waals surface area contributed by atoms with Crippen LogP contribution in [0.4, 0.5) is 0 Å². The summed E-state index contributed by atoms with van der Waals surface area (Å²) in [5.41, 5.74) is 8.42. The molecule has 7 rings (SSSR count). The number of amides is 1. The highest BCUT2D eigenvalue weighted by molar-refractivity contribution is 5.93. The number of benzene rings is 4. The SMILES string of the molecule is CCC[C@H](OC(=O)c1ccccc1)C(=O)N[C@@H]1C[C@H](C)C(O[C@@H]2OC(CC)CCC2C)C(O)(CN=[N+]=[N-])[C@@H]1O[C@@H]1OC(COC(=O)c2ccccc2)[C@H](OC(=O)c2ccccc2)[C@H](C)C1OC(=O)c1ccccc1. The molecule has 2 N–H and O–H groups in total. The van der Waals surface area contributed by atoms with E-state index in [1.165, 1.54) is 0 Å². The predicted octanol–water partition coefficient (Wildman–Crippen LogP) is 8.57. The third-order valence-corrected chi connectivity index (χ3v) is 13.9. The molecule has 0 aromatic heterocycles. The molecule has 74 heavy (non-hydrogen) atoms. The average molecular weight is 1020 g/mol. The van der Waals surface area contributed by atoms with Crippen molar-refractivity contribution in [1.29, 1.82) is 0 Å². The molecule has 1 saturated carbocycles. The lowest BCUT2D eigenvalue weighted by atomic mass is 9.71. The first-order chi connectivity index (χ1) is 35.7. The number of ether oxygens (including phenoxy) is 8. The van der Waals surface area contributed by atoms with Crippen LogP contribution < -0.4 is 5.32 Å². The number of aliphatic hydroxyl groups is 1. The van der Waals surface area contributed by atoms with Gasteiger partial charge in [0.25, 0.3) is 5.91 Å². The third kappa shape index (κ3) is 13.5. The van der Waals surface area contributed by atoms with Gasteiger partial charge in [-0.2, -0.15) is 0 Å². The molecule has 2 aliphatic heterocycles. The Bertz CT molecular complexity index is 2530. The number of hydrogen-bond acceptors (Lipinski definition) is 15. The molecule has 3 aliphatic rings. The van der Waals surface area contributed by atoms with Crippen LogP contribution in [0, 0.1) is 17.8 Å². The molecule has 6 unspecified atom stereocenters. The number of carbonyl (C=O) groups excluding carboxylic acids is 5. The monoisotopic (exact) mass is 1020 g/mol. The quantitative estimate of drug-likeness (QED) is 0.0277. The summed E-state index contributed by atoms with van der Waals surface area (Å²) in [7, 11) is 0. The van der Waals surface area contributed by atoms with E-state index in [4.69, 9.17) is 37.9 Å². The van der Waals surface area contributed by atoms with E-state index in [-0.39, 0.29) is 47.1 Å². The van der Waals surface area contributed by atoms with Crippen molar-refractivity contribution in [3.8, 4) is 0 Å². The molecule has 2 heterocycles. The zero-order chi connectivity index (χ0) is 52.8. The Morgan fingerprint density at radius 2 is 1.23 bits per heavy atom. The van der Waals surface area contributed by atoms with Gasteiger partial charge in [0, 0.05) is 16.7 Å². The average Bonchev–Trinajstić information content (AvgIpc) is 3.42. The lowest BCUT2D eigenvalue weighted by Crippen LogP contribution is -2.72. The maximum Gasteiger partial charge on any atom is 0.338 e. The molecule has 4 aromatic rings. The molecule has 1 aliphatic carbocycles. The van der Waals surface area contributed by atoms with Gasteiger partial charge in [-0.1, -0.05) is 119 Å². The first kappa shape index (κ1) is 55.1. The van der Waals surface area contributed by atoms with E-state index in [2.05, 4.69) is 15.3 Å². The van der Waals surface area contributed by atoms with E-state index < -0.39 is 116 Å². The van der Waals surface area contributed by atoms with Crippen LogP contribution in [0.2, 0.25) is 0 Å². The summed E-state index contributed by atoms with van der Waals surface area (Å²) < 4.78 is 51.1. The van der Waals surface area contributed by atoms with Crippen molar-refractivity contribution >= 4 is 29.8 Å². The Balaban J connectivity index is 1.31. The van der Waals surface area contributed by atoms with Crippen molar-refractivity contribution in [2.45, 2.75) is 140 Å². The molecule has 14 atom stereocenters. The van der Waals surface area contributed by atoms with Crippen LogP contribution >= 0.6 is 0 Å². The van der Waals surface area contributed by atoms with Gasteiger partial charge in [-0.15, -0.1) is 0 Å². The number of hydrogen-bond donors (Lipinski definition) is 2. The van der Waals surface area contributed by atoms with E-state index in [1.807, 2.05) is 27.7 Å². The van der Waals surface area contributed by atoms with E-state index in [1.54, 1.807) is 128 Å². The first-order valence-electron chi connectivity index (χ1n) is 25.4. The molecular weight excluding hydrogens is 953 g/mol. The van der Waals surface area contributed by atoms with Crippen molar-refractivity contribution in [3.63, 3.8) is 0 Å². The van der Waals surface area contributed by atoms with E-state index in [0.29, 0.717) is 12.8 Å². The third-order valence-electron chi connectivity index (χ3n) is 13.9. The zero-order valence-corrected chi connectivity index (χ0v) is 42.3. The van der Waals surface area contributed by atoms with E-state index in [0.717, 1.165) is 12.8 Å². The van der Waals surface area contributed by atoms with Gasteiger partial charge in [0.1, 0.15) is 30.5 Å². The number of rotatable bonds is 20. The Hall–Kier alpha value is -6.66. The van der Waals surface area contributed by atoms with Crippen LogP contribution in [0.1, 0.15) is 115 Å². The van der Waals surface area contributed by atoms with Crippen LogP contribution in [0.5, 0.6) is 0 Å². The van der Waals surface area contributed by atoms with Gasteiger partial charge in [0.2, 0.25) is 0 Å². The Morgan fingerprint density at radius 1 is 0.703 bits per heavy atom. The summed E-state index contributed by atoms with van der Waals surface area (Å²) in [4.78, 5) is 72.6. The second kappa shape index (κ2) is 26.0. The predicted molar refractivity (Wildman–Crippen MR) is 268 cm³/mol. The van der Waals surface area contributed by atoms with Crippen molar-refractivity contribution in [2.75, 3.05) is 13.2 Å². The fourth-order valence-electron chi connectivity index (χ4n) is 9.90. The van der Waals surface area contributed by atoms with Crippen LogP contribution in [0.25, 0.3) is 10.4 Å². The van der Waals surface area contributed by atoms with Crippen LogP contribution in [-0.4, -0.2) is 115 Å². The minimum atomic E-state index is -2.29. The summed E-state index contributed by atoms with van der Waals surface area (Å²) in [5, 5.41) is 20.3. The minimum absolute atomic E-state index is 0.0790. The molecule has 394 valence electrons. The van der Waals surface area contributed by atoms with Gasteiger partial charge >= 0.3 is 23.9 Å². The smallest absolute Gasteiger partial charge is 0.338 e. The van der Waals surface area contributed by atoms with Crippen LogP contribution in [0.3, 0.4) is 0 Å². The van der Waals surface area contributed by atoms with Gasteiger partial charge < -0.3 is 48.3 Å². The molecule has 1 amide bonds. The first-order valence-corrected chi connectivity index (χ1v) is 25.4. The fourth-order valence-corrected chi connectivity index (χ4v) is 9.90. The minimum Gasteiger partial charge on any atom is -0.459 e. The lowest BCUT2D eigenvalue weighted by molar-refractivity contribution is -0.341. The van der Waals surface area contributed by atoms with E-state index >= 15 is 0 Å². The van der Waals surface area contributed by atoms with Crippen molar-refractivity contribution in [1.82, 2.24) is 5.32 Å². The lowest BCUT2D eigenvalue weighted by Gasteiger charge is -2.54. The summed E-state index contributed by atoms with van der Waals surface area (Å²) >= 11 is 0. The van der Waals surface area contributed by atoms with Crippen molar-refractivity contribution in [2.24, 2.45) is 22.9 Å². The summed E-state index contributed by atoms with van der Waals surface area (Å²) in [6, 6.07) is 31.6. The van der Waals surface area contributed by atoms with Gasteiger partial charge in [0.15, 0.2) is 24.8 Å². The second-order valence-electron chi connectivity index (χ2n) is 19.3. The molecule has 0 radical (unpaired) electrons. The van der Waals surface area contributed by atoms with E-state index in [9.17, 15) is 34.6 Å². The Kier molecular flexibility index (Phi) is 19.4. The summed E-state index contributed by atoms with van der Waals surface area (Å²) in [5.74, 6) is -5.37. The highest BCUT2D eigenvalue weighted by Crippen LogP contribution is 2.43. The molecule has 2 saturated heterocycles. The number of azide groups is 1. The maximum atomic E-state index is 14.6. The fraction of sp³-hybridized carbons (Fsp3) is 0.482. The molecule has 3 fully saturated rings. The standard InChI is InChI=1S/C56H66N4O14/c1-6-20-43(69-51(63)38-23-14-9-15-24-38)49(61)59-42-31-35(4)47(73-54-34(3)29-30-41(7-2)68-54)56(66,33-58-60-57)48(42)74-55-46(72-53(65)40-27-18-11-19-28-40)36(5)45(71-52(64)39-25-16-10-17-26-39)44(70-55)32-67-50(62)37-21-12-8-13-22-37/h8-19,21-28,34-36,41-48,54-55,66H,6-7,20,29-33H2,1-5H3,(H,59,61)/t34?,35-,36-,41?,42+,43-,44?,45+,46?,47?,48+,54-,55-,56?/m0/s1. The topological polar surface area (TPSA) is 240 Å². The number of nitrogens with one attached hydrogen (secondary N) is 1. The summed E-state index contributed by atoms with van der Waals surface area (Å²) in [6.07, 6.45) is -7.74. The highest BCUT2D eigenvalue weighted by atomic mass is 16.7. The molecular formula is C56H66N4O14. The maximum absolute atomic E-state index is 14.6.